The molecule has 2 N–H and O–H groups in total. The maximum absolute atomic E-state index is 11.0. The maximum atomic E-state index is 11.0. The zero-order valence-electron chi connectivity index (χ0n) is 8.82. The van der Waals surface area contributed by atoms with E-state index in [2.05, 4.69) is 0 Å². The van der Waals surface area contributed by atoms with Crippen molar-refractivity contribution in [3.63, 3.8) is 0 Å². The van der Waals surface area contributed by atoms with Crippen molar-refractivity contribution in [3.8, 4) is 0 Å². The summed E-state index contributed by atoms with van der Waals surface area (Å²) >= 11 is 0. The largest absolute Gasteiger partial charge is 0.374 e. The van der Waals surface area contributed by atoms with Gasteiger partial charge in [-0.15, -0.1) is 0 Å². The molecule has 0 amide bonds. The minimum atomic E-state index is -2.91. The zero-order chi connectivity index (χ0) is 10.8. The fourth-order valence-corrected chi connectivity index (χ4v) is 2.42. The van der Waals surface area contributed by atoms with Crippen LogP contribution in [0.25, 0.3) is 0 Å². The van der Waals surface area contributed by atoms with Gasteiger partial charge in [0, 0.05) is 18.9 Å². The smallest absolute Gasteiger partial charge is 0.147 e. The quantitative estimate of drug-likeness (QED) is 0.742. The zero-order valence-corrected chi connectivity index (χ0v) is 9.64. The first-order valence-corrected chi connectivity index (χ1v) is 6.97. The SMILES string of the molecule is CC1(C(N)CCS(C)(=O)=O)CCCO1. The van der Waals surface area contributed by atoms with Crippen molar-refractivity contribution in [2.24, 2.45) is 5.73 Å². The van der Waals surface area contributed by atoms with E-state index in [1.54, 1.807) is 0 Å². The molecule has 0 aromatic heterocycles. The Morgan fingerprint density at radius 3 is 2.64 bits per heavy atom. The number of rotatable bonds is 4. The molecule has 1 heterocycles. The van der Waals surface area contributed by atoms with E-state index in [-0.39, 0.29) is 17.4 Å². The molecule has 1 aliphatic heterocycles. The molecular weight excluding hydrogens is 202 g/mol. The van der Waals surface area contributed by atoms with E-state index in [4.69, 9.17) is 10.5 Å². The minimum Gasteiger partial charge on any atom is -0.374 e. The van der Waals surface area contributed by atoms with Gasteiger partial charge >= 0.3 is 0 Å². The van der Waals surface area contributed by atoms with Gasteiger partial charge in [0.15, 0.2) is 0 Å². The first-order chi connectivity index (χ1) is 6.33. The van der Waals surface area contributed by atoms with Crippen LogP contribution < -0.4 is 5.73 Å². The summed E-state index contributed by atoms with van der Waals surface area (Å²) in [6.45, 7) is 2.70. The van der Waals surface area contributed by atoms with Crippen molar-refractivity contribution in [3.05, 3.63) is 0 Å². The van der Waals surface area contributed by atoms with Gasteiger partial charge in [0.25, 0.3) is 0 Å². The van der Waals surface area contributed by atoms with Crippen LogP contribution >= 0.6 is 0 Å². The Kier molecular flexibility index (Phi) is 3.55. The van der Waals surface area contributed by atoms with Crippen LogP contribution in [0.3, 0.4) is 0 Å². The molecule has 2 atom stereocenters. The molecule has 1 rings (SSSR count). The third-order valence-electron chi connectivity index (χ3n) is 2.83. The van der Waals surface area contributed by atoms with Gasteiger partial charge in [-0.1, -0.05) is 0 Å². The molecule has 84 valence electrons. The van der Waals surface area contributed by atoms with Crippen LogP contribution in [0.15, 0.2) is 0 Å². The van der Waals surface area contributed by atoms with Crippen LogP contribution in [0.5, 0.6) is 0 Å². The number of hydrogen-bond acceptors (Lipinski definition) is 4. The summed E-state index contributed by atoms with van der Waals surface area (Å²) in [7, 11) is -2.91. The molecule has 1 aliphatic rings. The summed E-state index contributed by atoms with van der Waals surface area (Å²) in [5.74, 6) is 0.146. The van der Waals surface area contributed by atoms with Crippen molar-refractivity contribution in [2.45, 2.75) is 37.8 Å². The molecule has 14 heavy (non-hydrogen) atoms. The van der Waals surface area contributed by atoms with E-state index in [1.165, 1.54) is 6.26 Å². The summed E-state index contributed by atoms with van der Waals surface area (Å²) in [6.07, 6.45) is 3.66. The molecular formula is C9H19NO3S. The fourth-order valence-electron chi connectivity index (χ4n) is 1.74. The van der Waals surface area contributed by atoms with Gasteiger partial charge in [-0.3, -0.25) is 0 Å². The topological polar surface area (TPSA) is 69.4 Å². The highest BCUT2D eigenvalue weighted by Gasteiger charge is 2.36. The average Bonchev–Trinajstić information content (AvgIpc) is 2.48. The van der Waals surface area contributed by atoms with Gasteiger partial charge in [0.05, 0.1) is 11.4 Å². The summed E-state index contributed by atoms with van der Waals surface area (Å²) < 4.78 is 27.5. The molecule has 0 aromatic carbocycles. The van der Waals surface area contributed by atoms with Crippen LogP contribution in [0.4, 0.5) is 0 Å². The molecule has 0 aromatic rings. The molecule has 5 heteroatoms. The van der Waals surface area contributed by atoms with Gasteiger partial charge in [0.2, 0.25) is 0 Å². The number of ether oxygens (including phenoxy) is 1. The second-order valence-corrected chi connectivity index (χ2v) is 6.55. The highest BCUT2D eigenvalue weighted by Crippen LogP contribution is 2.28. The summed E-state index contributed by atoms with van der Waals surface area (Å²) in [5, 5.41) is 0. The van der Waals surface area contributed by atoms with Crippen LogP contribution in [0.1, 0.15) is 26.2 Å². The normalized spacial score (nSPS) is 30.5. The highest BCUT2D eigenvalue weighted by atomic mass is 32.2. The summed E-state index contributed by atoms with van der Waals surface area (Å²) in [5.41, 5.74) is 5.62. The molecule has 4 nitrogen and oxygen atoms in total. The van der Waals surface area contributed by atoms with Gasteiger partial charge in [-0.05, 0) is 26.2 Å². The fraction of sp³-hybridized carbons (Fsp3) is 1.00. The Hall–Kier alpha value is -0.130. The molecule has 1 saturated heterocycles. The first kappa shape index (κ1) is 11.9. The predicted molar refractivity (Wildman–Crippen MR) is 55.9 cm³/mol. The average molecular weight is 221 g/mol. The van der Waals surface area contributed by atoms with Crippen LogP contribution in [0, 0.1) is 0 Å². The third-order valence-corrected chi connectivity index (χ3v) is 3.81. The molecule has 0 bridgehead atoms. The van der Waals surface area contributed by atoms with E-state index in [9.17, 15) is 8.42 Å². The molecule has 0 saturated carbocycles. The summed E-state index contributed by atoms with van der Waals surface area (Å²) in [4.78, 5) is 0. The van der Waals surface area contributed by atoms with Gasteiger partial charge in [0.1, 0.15) is 9.84 Å². The molecule has 0 aliphatic carbocycles. The lowest BCUT2D eigenvalue weighted by Gasteiger charge is -2.30. The Morgan fingerprint density at radius 2 is 2.21 bits per heavy atom. The van der Waals surface area contributed by atoms with Gasteiger partial charge in [-0.25, -0.2) is 8.42 Å². The minimum absolute atomic E-state index is 0.146. The van der Waals surface area contributed by atoms with Crippen molar-refractivity contribution >= 4 is 9.84 Å². The van der Waals surface area contributed by atoms with Crippen molar-refractivity contribution in [1.29, 1.82) is 0 Å². The van der Waals surface area contributed by atoms with Crippen molar-refractivity contribution < 1.29 is 13.2 Å². The summed E-state index contributed by atoms with van der Waals surface area (Å²) in [6, 6.07) is -0.181. The van der Waals surface area contributed by atoms with Crippen molar-refractivity contribution in [1.82, 2.24) is 0 Å². The Bertz CT molecular complexity index is 280. The predicted octanol–water partition coefficient (Wildman–Crippen LogP) is 0.317. The maximum Gasteiger partial charge on any atom is 0.147 e. The van der Waals surface area contributed by atoms with Crippen LogP contribution in [0.2, 0.25) is 0 Å². The Morgan fingerprint density at radius 1 is 1.57 bits per heavy atom. The molecule has 0 radical (unpaired) electrons. The second-order valence-electron chi connectivity index (χ2n) is 4.29. The molecule has 2 unspecified atom stereocenters. The van der Waals surface area contributed by atoms with E-state index >= 15 is 0 Å². The standard InChI is InChI=1S/C9H19NO3S/c1-9(5-3-6-13-9)8(10)4-7-14(2,11)12/h8H,3-7,10H2,1-2H3. The highest BCUT2D eigenvalue weighted by molar-refractivity contribution is 7.90. The lowest BCUT2D eigenvalue weighted by Crippen LogP contribution is -2.45. The van der Waals surface area contributed by atoms with Crippen LogP contribution in [-0.2, 0) is 14.6 Å². The van der Waals surface area contributed by atoms with Gasteiger partial charge in [-0.2, -0.15) is 0 Å². The van der Waals surface area contributed by atoms with Gasteiger partial charge < -0.3 is 10.5 Å². The molecule has 0 spiro atoms. The Balaban J connectivity index is 2.45. The number of hydrogen-bond donors (Lipinski definition) is 1. The third kappa shape index (κ3) is 3.22. The first-order valence-electron chi connectivity index (χ1n) is 4.91. The molecule has 1 fully saturated rings. The second kappa shape index (κ2) is 4.16. The lowest BCUT2D eigenvalue weighted by molar-refractivity contribution is -0.00166. The van der Waals surface area contributed by atoms with Crippen LogP contribution in [-0.4, -0.2) is 38.7 Å². The van der Waals surface area contributed by atoms with E-state index < -0.39 is 9.84 Å². The Labute approximate surface area is 85.7 Å². The van der Waals surface area contributed by atoms with Crippen molar-refractivity contribution in [2.75, 3.05) is 18.6 Å². The van der Waals surface area contributed by atoms with E-state index in [0.717, 1.165) is 19.4 Å². The van der Waals surface area contributed by atoms with E-state index in [1.807, 2.05) is 6.92 Å². The number of nitrogens with two attached hydrogens (primary N) is 1. The van der Waals surface area contributed by atoms with E-state index in [0.29, 0.717) is 6.42 Å². The lowest BCUT2D eigenvalue weighted by atomic mass is 9.92. The monoisotopic (exact) mass is 221 g/mol. The number of sulfone groups is 1.